The third-order valence-corrected chi connectivity index (χ3v) is 2.73. The summed E-state index contributed by atoms with van der Waals surface area (Å²) in [5, 5.41) is 5.90. The summed E-state index contributed by atoms with van der Waals surface area (Å²) in [5.74, 6) is -0.110. The monoisotopic (exact) mass is 257 g/mol. The topological polar surface area (TPSA) is 61.4 Å². The van der Waals surface area contributed by atoms with Crippen molar-refractivity contribution in [1.29, 1.82) is 0 Å². The summed E-state index contributed by atoms with van der Waals surface area (Å²) >= 11 is 0. The van der Waals surface area contributed by atoms with Crippen LogP contribution in [-0.4, -0.2) is 48.4 Å². The van der Waals surface area contributed by atoms with Gasteiger partial charge in [0, 0.05) is 32.1 Å². The molecule has 18 heavy (non-hydrogen) atoms. The predicted octanol–water partition coefficient (Wildman–Crippen LogP) is 0.748. The van der Waals surface area contributed by atoms with E-state index in [1.165, 1.54) is 0 Å². The highest BCUT2D eigenvalue weighted by Crippen LogP contribution is 1.95. The normalized spacial score (nSPS) is 12.3. The minimum absolute atomic E-state index is 0.0230. The Morgan fingerprint density at radius 3 is 2.11 bits per heavy atom. The van der Waals surface area contributed by atoms with Gasteiger partial charge in [-0.05, 0) is 20.8 Å². The van der Waals surface area contributed by atoms with Crippen LogP contribution in [0.2, 0.25) is 0 Å². The van der Waals surface area contributed by atoms with E-state index in [2.05, 4.69) is 10.6 Å². The van der Waals surface area contributed by atoms with E-state index in [9.17, 15) is 9.59 Å². The molecular weight excluding hydrogens is 230 g/mol. The predicted molar refractivity (Wildman–Crippen MR) is 73.3 cm³/mol. The Balaban J connectivity index is 4.02. The number of hydrogen-bond acceptors (Lipinski definition) is 3. The molecule has 0 aliphatic heterocycles. The van der Waals surface area contributed by atoms with E-state index in [1.54, 1.807) is 11.8 Å². The minimum Gasteiger partial charge on any atom is -0.345 e. The molecule has 0 aliphatic carbocycles. The molecule has 0 heterocycles. The summed E-state index contributed by atoms with van der Waals surface area (Å²) < 4.78 is 0. The van der Waals surface area contributed by atoms with Gasteiger partial charge in [-0.25, -0.2) is 0 Å². The summed E-state index contributed by atoms with van der Waals surface area (Å²) in [6, 6.07) is -0.0796. The fourth-order valence-electron chi connectivity index (χ4n) is 1.66. The van der Waals surface area contributed by atoms with Gasteiger partial charge in [-0.15, -0.1) is 0 Å². The lowest BCUT2D eigenvalue weighted by molar-refractivity contribution is -0.135. The Morgan fingerprint density at radius 1 is 1.11 bits per heavy atom. The third-order valence-electron chi connectivity index (χ3n) is 2.73. The van der Waals surface area contributed by atoms with Gasteiger partial charge in [0.25, 0.3) is 0 Å². The molecule has 0 aromatic carbocycles. The number of nitrogens with one attached hydrogen (secondary N) is 2. The molecule has 106 valence electrons. The van der Waals surface area contributed by atoms with Crippen molar-refractivity contribution >= 4 is 11.8 Å². The van der Waals surface area contributed by atoms with Crippen molar-refractivity contribution < 1.29 is 9.59 Å². The largest absolute Gasteiger partial charge is 0.345 e. The van der Waals surface area contributed by atoms with Gasteiger partial charge in [0.05, 0.1) is 0 Å². The van der Waals surface area contributed by atoms with Crippen LogP contribution in [0.5, 0.6) is 0 Å². The van der Waals surface area contributed by atoms with Gasteiger partial charge in [-0.3, -0.25) is 9.59 Å². The van der Waals surface area contributed by atoms with Gasteiger partial charge in [0.2, 0.25) is 11.8 Å². The van der Waals surface area contributed by atoms with Crippen LogP contribution >= 0.6 is 0 Å². The number of carbonyl (C=O) groups is 2. The van der Waals surface area contributed by atoms with E-state index >= 15 is 0 Å². The van der Waals surface area contributed by atoms with Crippen molar-refractivity contribution in [3.8, 4) is 0 Å². The Hall–Kier alpha value is -1.10. The Bertz CT molecular complexity index is 263. The highest BCUT2D eigenvalue weighted by molar-refractivity contribution is 5.87. The van der Waals surface area contributed by atoms with Crippen LogP contribution in [0.25, 0.3) is 0 Å². The van der Waals surface area contributed by atoms with Gasteiger partial charge in [-0.1, -0.05) is 13.8 Å². The molecule has 5 heteroatoms. The van der Waals surface area contributed by atoms with Crippen LogP contribution < -0.4 is 10.6 Å². The molecule has 0 aromatic heterocycles. The lowest BCUT2D eigenvalue weighted by atomic mass is 10.2. The Morgan fingerprint density at radius 2 is 1.67 bits per heavy atom. The van der Waals surface area contributed by atoms with E-state index in [1.807, 2.05) is 27.7 Å². The maximum atomic E-state index is 11.9. The van der Waals surface area contributed by atoms with E-state index < -0.39 is 6.04 Å². The SMILES string of the molecule is CCN(CC)C(=O)C(C)NC(=O)CCNC(C)C. The number of amides is 2. The maximum absolute atomic E-state index is 11.9. The molecule has 1 atom stereocenters. The molecule has 0 spiro atoms. The first kappa shape index (κ1) is 16.9. The van der Waals surface area contributed by atoms with Crippen molar-refractivity contribution in [3.05, 3.63) is 0 Å². The molecule has 2 N–H and O–H groups in total. The minimum atomic E-state index is -0.448. The zero-order chi connectivity index (χ0) is 14.1. The van der Waals surface area contributed by atoms with Crippen molar-refractivity contribution in [2.45, 2.75) is 53.1 Å². The van der Waals surface area contributed by atoms with Crippen LogP contribution in [0.3, 0.4) is 0 Å². The highest BCUT2D eigenvalue weighted by atomic mass is 16.2. The van der Waals surface area contributed by atoms with E-state index in [0.29, 0.717) is 32.1 Å². The van der Waals surface area contributed by atoms with Crippen molar-refractivity contribution in [1.82, 2.24) is 15.5 Å². The van der Waals surface area contributed by atoms with Crippen LogP contribution in [0.4, 0.5) is 0 Å². The van der Waals surface area contributed by atoms with E-state index in [-0.39, 0.29) is 11.8 Å². The van der Waals surface area contributed by atoms with Crippen molar-refractivity contribution in [2.75, 3.05) is 19.6 Å². The molecule has 0 rings (SSSR count). The molecule has 0 saturated carbocycles. The molecule has 5 nitrogen and oxygen atoms in total. The number of hydrogen-bond donors (Lipinski definition) is 2. The van der Waals surface area contributed by atoms with E-state index in [0.717, 1.165) is 0 Å². The molecule has 0 aliphatic rings. The maximum Gasteiger partial charge on any atom is 0.244 e. The summed E-state index contributed by atoms with van der Waals surface area (Å²) in [4.78, 5) is 25.3. The van der Waals surface area contributed by atoms with Gasteiger partial charge < -0.3 is 15.5 Å². The fraction of sp³-hybridized carbons (Fsp3) is 0.846. The average molecular weight is 257 g/mol. The lowest BCUT2D eigenvalue weighted by Gasteiger charge is -2.23. The molecule has 0 bridgehead atoms. The van der Waals surface area contributed by atoms with Crippen molar-refractivity contribution in [3.63, 3.8) is 0 Å². The lowest BCUT2D eigenvalue weighted by Crippen LogP contribution is -2.47. The van der Waals surface area contributed by atoms with Crippen LogP contribution in [0, 0.1) is 0 Å². The summed E-state index contributed by atoms with van der Waals surface area (Å²) in [6.07, 6.45) is 0.397. The molecule has 0 radical (unpaired) electrons. The molecule has 0 saturated heterocycles. The second kappa shape index (κ2) is 8.91. The summed E-state index contributed by atoms with van der Waals surface area (Å²) in [6.45, 7) is 11.6. The zero-order valence-electron chi connectivity index (χ0n) is 12.2. The number of nitrogens with zero attached hydrogens (tertiary/aromatic N) is 1. The average Bonchev–Trinajstić information content (AvgIpc) is 2.29. The third kappa shape index (κ3) is 6.59. The van der Waals surface area contributed by atoms with Crippen LogP contribution in [0.1, 0.15) is 41.0 Å². The Kier molecular flexibility index (Phi) is 8.37. The first-order chi connectivity index (χ1) is 8.42. The fourth-order valence-corrected chi connectivity index (χ4v) is 1.66. The molecule has 0 aromatic rings. The first-order valence-electron chi connectivity index (χ1n) is 6.73. The highest BCUT2D eigenvalue weighted by Gasteiger charge is 2.19. The number of carbonyl (C=O) groups excluding carboxylic acids is 2. The summed E-state index contributed by atoms with van der Waals surface area (Å²) in [5.41, 5.74) is 0. The van der Waals surface area contributed by atoms with E-state index in [4.69, 9.17) is 0 Å². The van der Waals surface area contributed by atoms with Gasteiger partial charge in [0.15, 0.2) is 0 Å². The Labute approximate surface area is 110 Å². The quantitative estimate of drug-likeness (QED) is 0.674. The molecule has 0 fully saturated rings. The van der Waals surface area contributed by atoms with Gasteiger partial charge >= 0.3 is 0 Å². The first-order valence-corrected chi connectivity index (χ1v) is 6.73. The number of likely N-dealkylation sites (N-methyl/N-ethyl adjacent to an activating group) is 1. The van der Waals surface area contributed by atoms with Crippen LogP contribution in [0.15, 0.2) is 0 Å². The van der Waals surface area contributed by atoms with Gasteiger partial charge in [0.1, 0.15) is 6.04 Å². The molecular formula is C13H27N3O2. The van der Waals surface area contributed by atoms with Gasteiger partial charge in [-0.2, -0.15) is 0 Å². The second-order valence-corrected chi connectivity index (χ2v) is 4.66. The zero-order valence-corrected chi connectivity index (χ0v) is 12.2. The molecule has 2 amide bonds. The summed E-state index contributed by atoms with van der Waals surface area (Å²) in [7, 11) is 0. The standard InChI is InChI=1S/C13H27N3O2/c1-6-16(7-2)13(18)11(5)15-12(17)8-9-14-10(3)4/h10-11,14H,6-9H2,1-5H3,(H,15,17). The second-order valence-electron chi connectivity index (χ2n) is 4.66. The van der Waals surface area contributed by atoms with Crippen LogP contribution in [-0.2, 0) is 9.59 Å². The smallest absolute Gasteiger partial charge is 0.244 e. The van der Waals surface area contributed by atoms with Crippen molar-refractivity contribution in [2.24, 2.45) is 0 Å². The molecule has 1 unspecified atom stereocenters. The number of rotatable bonds is 8.